The Balaban J connectivity index is 1.99. The molecule has 0 saturated carbocycles. The van der Waals surface area contributed by atoms with E-state index in [1.165, 1.54) is 0 Å². The number of rotatable bonds is 9. The smallest absolute Gasteiger partial charge is 0.333 e. The predicted octanol–water partition coefficient (Wildman–Crippen LogP) is 2.54. The zero-order valence-corrected chi connectivity index (χ0v) is 13.0. The Morgan fingerprint density at radius 2 is 1.80 bits per heavy atom. The third-order valence-corrected chi connectivity index (χ3v) is 3.18. The third-order valence-electron chi connectivity index (χ3n) is 2.76. The van der Waals surface area contributed by atoms with Crippen molar-refractivity contribution < 1.29 is 14.3 Å². The summed E-state index contributed by atoms with van der Waals surface area (Å²) in [5.41, 5.74) is 0.451. The van der Waals surface area contributed by atoms with Crippen LogP contribution in [0.5, 0.6) is 5.75 Å². The van der Waals surface area contributed by atoms with E-state index in [1.54, 1.807) is 6.92 Å². The lowest BCUT2D eigenvalue weighted by Crippen LogP contribution is -2.09. The summed E-state index contributed by atoms with van der Waals surface area (Å²) in [5.74, 6) is 0.571. The molecule has 3 nitrogen and oxygen atoms in total. The lowest BCUT2D eigenvalue weighted by molar-refractivity contribution is -0.139. The van der Waals surface area contributed by atoms with Gasteiger partial charge in [0.1, 0.15) is 5.75 Å². The van der Waals surface area contributed by atoms with Crippen LogP contribution in [0.25, 0.3) is 0 Å². The molecule has 0 amide bonds. The van der Waals surface area contributed by atoms with E-state index >= 15 is 0 Å². The maximum atomic E-state index is 11.1. The monoisotopic (exact) mass is 289 g/mol. The van der Waals surface area contributed by atoms with E-state index in [9.17, 15) is 4.79 Å². The van der Waals surface area contributed by atoms with Gasteiger partial charge in [0.05, 0.1) is 23.5 Å². The van der Waals surface area contributed by atoms with Crippen molar-refractivity contribution in [2.45, 2.75) is 32.6 Å². The molecule has 0 unspecified atom stereocenters. The van der Waals surface area contributed by atoms with Crippen LogP contribution in [0.4, 0.5) is 0 Å². The molecule has 0 bridgehead atoms. The van der Waals surface area contributed by atoms with Crippen LogP contribution in [0.2, 0.25) is 0 Å². The molecule has 0 fully saturated rings. The van der Waals surface area contributed by atoms with Crippen LogP contribution in [0.3, 0.4) is 0 Å². The van der Waals surface area contributed by atoms with E-state index < -0.39 is 0 Å². The fraction of sp³-hybridized carbons (Fsp3) is 0.438. The molecule has 0 N–H and O–H groups in total. The topological polar surface area (TPSA) is 35.5 Å². The van der Waals surface area contributed by atoms with Gasteiger partial charge >= 0.3 is 5.97 Å². The van der Waals surface area contributed by atoms with Crippen molar-refractivity contribution in [2.24, 2.45) is 0 Å². The van der Waals surface area contributed by atoms with Gasteiger partial charge in [0, 0.05) is 5.57 Å². The van der Waals surface area contributed by atoms with Gasteiger partial charge in [-0.15, -0.1) is 0 Å². The summed E-state index contributed by atoms with van der Waals surface area (Å²) < 4.78 is 10.7. The summed E-state index contributed by atoms with van der Waals surface area (Å²) in [6.07, 6.45) is 3.97. The van der Waals surface area contributed by atoms with Crippen LogP contribution >= 0.6 is 0 Å². The molecule has 0 aliphatic rings. The Morgan fingerprint density at radius 1 is 1.15 bits per heavy atom. The van der Waals surface area contributed by atoms with Crippen LogP contribution in [-0.4, -0.2) is 29.4 Å². The minimum atomic E-state index is -0.304. The second-order valence-corrected chi connectivity index (χ2v) is 5.21. The summed E-state index contributed by atoms with van der Waals surface area (Å²) in [5, 5.41) is 0.971. The number of hydrogen-bond acceptors (Lipinski definition) is 3. The van der Waals surface area contributed by atoms with E-state index in [0.29, 0.717) is 18.8 Å². The van der Waals surface area contributed by atoms with E-state index in [0.717, 1.165) is 36.6 Å². The van der Waals surface area contributed by atoms with E-state index in [-0.39, 0.29) is 5.97 Å². The maximum absolute atomic E-state index is 11.1. The Hall–Kier alpha value is -1.55. The van der Waals surface area contributed by atoms with Crippen molar-refractivity contribution in [2.75, 3.05) is 13.2 Å². The third kappa shape index (κ3) is 6.57. The first-order valence-corrected chi connectivity index (χ1v) is 7.37. The highest BCUT2D eigenvalue weighted by Crippen LogP contribution is 2.07. The Bertz CT molecular complexity index is 443. The molecule has 1 aromatic rings. The fourth-order valence-corrected chi connectivity index (χ4v) is 1.87. The average molecular weight is 289 g/mol. The number of hydrogen-bond donors (Lipinski definition) is 0. The minimum Gasteiger partial charge on any atom is -0.494 e. The van der Waals surface area contributed by atoms with Crippen LogP contribution < -0.4 is 9.92 Å². The van der Waals surface area contributed by atoms with Gasteiger partial charge in [-0.05, 0) is 43.9 Å². The van der Waals surface area contributed by atoms with Gasteiger partial charge in [0.25, 0.3) is 0 Å². The van der Waals surface area contributed by atoms with E-state index in [2.05, 4.69) is 16.8 Å². The maximum Gasteiger partial charge on any atom is 0.333 e. The molecule has 4 heteroatoms. The number of esters is 1. The van der Waals surface area contributed by atoms with Crippen molar-refractivity contribution >= 4 is 21.4 Å². The van der Waals surface area contributed by atoms with Crippen molar-refractivity contribution in [3.63, 3.8) is 0 Å². The van der Waals surface area contributed by atoms with E-state index in [4.69, 9.17) is 9.47 Å². The van der Waals surface area contributed by atoms with Gasteiger partial charge in [-0.25, -0.2) is 4.79 Å². The van der Waals surface area contributed by atoms with Crippen molar-refractivity contribution in [3.05, 3.63) is 36.4 Å². The van der Waals surface area contributed by atoms with Crippen molar-refractivity contribution in [1.29, 1.82) is 0 Å². The van der Waals surface area contributed by atoms with Crippen LogP contribution in [-0.2, 0) is 9.53 Å². The molecule has 0 atom stereocenters. The van der Waals surface area contributed by atoms with Gasteiger partial charge in [-0.2, -0.15) is 0 Å². The quantitative estimate of drug-likeness (QED) is 0.303. The first-order chi connectivity index (χ1) is 9.61. The largest absolute Gasteiger partial charge is 0.494 e. The molecule has 20 heavy (non-hydrogen) atoms. The molecule has 1 aromatic carbocycles. The molecule has 0 aromatic heterocycles. The highest BCUT2D eigenvalue weighted by molar-refractivity contribution is 6.34. The summed E-state index contributed by atoms with van der Waals surface area (Å²) in [7, 11) is 3.50. The molecule has 0 heterocycles. The lowest BCUT2D eigenvalue weighted by Gasteiger charge is -2.08. The zero-order chi connectivity index (χ0) is 14.8. The number of unbranched alkanes of at least 4 members (excludes halogenated alkanes) is 3. The molecule has 0 saturated heterocycles. The van der Waals surface area contributed by atoms with Crippen molar-refractivity contribution in [1.82, 2.24) is 0 Å². The SMILES string of the molecule is C=C(C)C(=O)OCCCCCCOc1ccccc1[Si]. The summed E-state index contributed by atoms with van der Waals surface area (Å²) in [6.45, 7) is 6.36. The molecular weight excluding hydrogens is 268 g/mol. The molecular formula is C16H21O3Si. The minimum absolute atomic E-state index is 0.304. The second-order valence-electron chi connectivity index (χ2n) is 4.68. The van der Waals surface area contributed by atoms with Crippen LogP contribution in [0.15, 0.2) is 36.4 Å². The number of carbonyl (C=O) groups is 1. The molecule has 1 rings (SSSR count). The normalized spacial score (nSPS) is 10.1. The van der Waals surface area contributed by atoms with Gasteiger partial charge in [0.15, 0.2) is 0 Å². The van der Waals surface area contributed by atoms with E-state index in [1.807, 2.05) is 24.3 Å². The predicted molar refractivity (Wildman–Crippen MR) is 81.6 cm³/mol. The number of carbonyl (C=O) groups excluding carboxylic acids is 1. The molecule has 0 spiro atoms. The summed E-state index contributed by atoms with van der Waals surface area (Å²) in [6, 6.07) is 7.82. The first-order valence-electron chi connectivity index (χ1n) is 6.87. The van der Waals surface area contributed by atoms with Gasteiger partial charge in [0.2, 0.25) is 0 Å². The van der Waals surface area contributed by atoms with Crippen LogP contribution in [0.1, 0.15) is 32.6 Å². The number of para-hydroxylation sites is 1. The lowest BCUT2D eigenvalue weighted by atomic mass is 10.2. The average Bonchev–Trinajstić information content (AvgIpc) is 2.43. The molecule has 0 aliphatic carbocycles. The van der Waals surface area contributed by atoms with Crippen molar-refractivity contribution in [3.8, 4) is 5.75 Å². The highest BCUT2D eigenvalue weighted by Gasteiger charge is 2.02. The number of ether oxygens (including phenoxy) is 2. The summed E-state index contributed by atoms with van der Waals surface area (Å²) in [4.78, 5) is 11.1. The highest BCUT2D eigenvalue weighted by atomic mass is 28.1. The van der Waals surface area contributed by atoms with Gasteiger partial charge in [-0.3, -0.25) is 0 Å². The standard InChI is InChI=1S/C16H21O3Si/c1-13(2)16(17)19-12-8-4-3-7-11-18-14-9-5-6-10-15(14)20/h5-6,9-10H,1,3-4,7-8,11-12H2,2H3. The van der Waals surface area contributed by atoms with Gasteiger partial charge in [-0.1, -0.05) is 24.8 Å². The Labute approximate surface area is 124 Å². The van der Waals surface area contributed by atoms with Crippen LogP contribution in [0, 0.1) is 0 Å². The number of benzene rings is 1. The second kappa shape index (κ2) is 9.37. The first kappa shape index (κ1) is 16.5. The zero-order valence-electron chi connectivity index (χ0n) is 12.0. The molecule has 3 radical (unpaired) electrons. The Kier molecular flexibility index (Phi) is 7.73. The van der Waals surface area contributed by atoms with Gasteiger partial charge < -0.3 is 9.47 Å². The molecule has 0 aliphatic heterocycles. The summed E-state index contributed by atoms with van der Waals surface area (Å²) >= 11 is 0. The molecule has 107 valence electrons. The fourth-order valence-electron chi connectivity index (χ4n) is 1.62. The Morgan fingerprint density at radius 3 is 2.45 bits per heavy atom.